The van der Waals surface area contributed by atoms with E-state index in [-0.39, 0.29) is 5.54 Å². The Morgan fingerprint density at radius 1 is 1.45 bits per heavy atom. The lowest BCUT2D eigenvalue weighted by atomic mass is 10.1. The average Bonchev–Trinajstić information content (AvgIpc) is 2.10. The standard InChI is InChI=1S/C8H14N2O/c1-6-5-7(10-11-6)9-8(2,3)4/h5H,1-4H3,(H,9,10). The first-order valence-corrected chi connectivity index (χ1v) is 3.69. The summed E-state index contributed by atoms with van der Waals surface area (Å²) in [4.78, 5) is 0. The third-order valence-corrected chi connectivity index (χ3v) is 1.13. The molecule has 0 spiro atoms. The number of hydrogen-bond donors (Lipinski definition) is 1. The van der Waals surface area contributed by atoms with Gasteiger partial charge in [-0.05, 0) is 27.7 Å². The van der Waals surface area contributed by atoms with Crippen LogP contribution in [0, 0.1) is 6.92 Å². The van der Waals surface area contributed by atoms with Crippen molar-refractivity contribution < 1.29 is 4.52 Å². The Labute approximate surface area is 66.8 Å². The second kappa shape index (κ2) is 2.57. The largest absolute Gasteiger partial charge is 0.363 e. The monoisotopic (exact) mass is 154 g/mol. The fourth-order valence-corrected chi connectivity index (χ4v) is 0.810. The minimum atomic E-state index is 0.0450. The van der Waals surface area contributed by atoms with E-state index in [0.717, 1.165) is 11.6 Å². The van der Waals surface area contributed by atoms with E-state index in [0.29, 0.717) is 0 Å². The average molecular weight is 154 g/mol. The number of anilines is 1. The van der Waals surface area contributed by atoms with Crippen LogP contribution in [0.4, 0.5) is 5.82 Å². The third-order valence-electron chi connectivity index (χ3n) is 1.13. The summed E-state index contributed by atoms with van der Waals surface area (Å²) in [5.74, 6) is 1.63. The maximum Gasteiger partial charge on any atom is 0.170 e. The van der Waals surface area contributed by atoms with E-state index < -0.39 is 0 Å². The quantitative estimate of drug-likeness (QED) is 0.673. The Kier molecular flexibility index (Phi) is 1.89. The van der Waals surface area contributed by atoms with Crippen molar-refractivity contribution in [1.82, 2.24) is 5.16 Å². The molecule has 0 saturated heterocycles. The lowest BCUT2D eigenvalue weighted by molar-refractivity contribution is 0.398. The first-order valence-electron chi connectivity index (χ1n) is 3.69. The van der Waals surface area contributed by atoms with Gasteiger partial charge in [-0.2, -0.15) is 0 Å². The molecule has 0 unspecified atom stereocenters. The van der Waals surface area contributed by atoms with E-state index in [9.17, 15) is 0 Å². The Morgan fingerprint density at radius 3 is 2.45 bits per heavy atom. The molecule has 0 fully saturated rings. The zero-order chi connectivity index (χ0) is 8.48. The van der Waals surface area contributed by atoms with Crippen molar-refractivity contribution >= 4 is 5.82 Å². The molecule has 0 aliphatic carbocycles. The van der Waals surface area contributed by atoms with Gasteiger partial charge in [0.25, 0.3) is 0 Å². The fraction of sp³-hybridized carbons (Fsp3) is 0.625. The van der Waals surface area contributed by atoms with Crippen LogP contribution in [0.3, 0.4) is 0 Å². The highest BCUT2D eigenvalue weighted by Gasteiger charge is 2.11. The van der Waals surface area contributed by atoms with Crippen molar-refractivity contribution in [3.05, 3.63) is 11.8 Å². The number of nitrogens with zero attached hydrogens (tertiary/aromatic N) is 1. The molecule has 0 atom stereocenters. The number of rotatable bonds is 1. The third kappa shape index (κ3) is 2.62. The minimum absolute atomic E-state index is 0.0450. The maximum atomic E-state index is 4.90. The zero-order valence-corrected chi connectivity index (χ0v) is 7.43. The summed E-state index contributed by atoms with van der Waals surface area (Å²) in [6.45, 7) is 8.12. The lowest BCUT2D eigenvalue weighted by Gasteiger charge is -2.19. The molecule has 62 valence electrons. The van der Waals surface area contributed by atoms with E-state index in [1.54, 1.807) is 0 Å². The van der Waals surface area contributed by atoms with Crippen molar-refractivity contribution in [1.29, 1.82) is 0 Å². The summed E-state index contributed by atoms with van der Waals surface area (Å²) in [5, 5.41) is 7.01. The molecule has 0 amide bonds. The van der Waals surface area contributed by atoms with Crippen molar-refractivity contribution in [2.24, 2.45) is 0 Å². The molecule has 0 aromatic carbocycles. The van der Waals surface area contributed by atoms with Gasteiger partial charge < -0.3 is 9.84 Å². The minimum Gasteiger partial charge on any atom is -0.363 e. The first-order chi connectivity index (χ1) is 4.97. The van der Waals surface area contributed by atoms with Crippen LogP contribution in [-0.2, 0) is 0 Å². The van der Waals surface area contributed by atoms with Gasteiger partial charge in [0.2, 0.25) is 0 Å². The molecule has 0 aliphatic rings. The number of aromatic nitrogens is 1. The Balaban J connectivity index is 2.65. The van der Waals surface area contributed by atoms with Crippen molar-refractivity contribution in [2.45, 2.75) is 33.2 Å². The SMILES string of the molecule is Cc1cc(NC(C)(C)C)no1. The van der Waals surface area contributed by atoms with Crippen molar-refractivity contribution in [3.8, 4) is 0 Å². The summed E-state index contributed by atoms with van der Waals surface area (Å²) in [5.41, 5.74) is 0.0450. The van der Waals surface area contributed by atoms with Crippen LogP contribution in [0.25, 0.3) is 0 Å². The fourth-order valence-electron chi connectivity index (χ4n) is 0.810. The predicted molar refractivity (Wildman–Crippen MR) is 44.6 cm³/mol. The van der Waals surface area contributed by atoms with Gasteiger partial charge in [-0.15, -0.1) is 0 Å². The van der Waals surface area contributed by atoms with Crippen molar-refractivity contribution in [3.63, 3.8) is 0 Å². The number of nitrogens with one attached hydrogen (secondary N) is 1. The summed E-state index contributed by atoms with van der Waals surface area (Å²) in [6.07, 6.45) is 0. The number of hydrogen-bond acceptors (Lipinski definition) is 3. The highest BCUT2D eigenvalue weighted by Crippen LogP contribution is 2.13. The van der Waals surface area contributed by atoms with E-state index in [1.165, 1.54) is 0 Å². The Bertz CT molecular complexity index is 234. The second-order valence-electron chi connectivity index (χ2n) is 3.70. The second-order valence-corrected chi connectivity index (χ2v) is 3.70. The molecule has 0 aliphatic heterocycles. The molecule has 1 rings (SSSR count). The van der Waals surface area contributed by atoms with E-state index in [2.05, 4.69) is 31.2 Å². The van der Waals surface area contributed by atoms with Crippen LogP contribution < -0.4 is 5.32 Å². The molecule has 1 N–H and O–H groups in total. The molecule has 0 bridgehead atoms. The van der Waals surface area contributed by atoms with Gasteiger partial charge in [0.15, 0.2) is 5.82 Å². The van der Waals surface area contributed by atoms with Crippen LogP contribution >= 0.6 is 0 Å². The normalized spacial score (nSPS) is 11.6. The molecule has 1 heterocycles. The lowest BCUT2D eigenvalue weighted by Crippen LogP contribution is -2.26. The molecule has 0 radical (unpaired) electrons. The molecule has 0 saturated carbocycles. The van der Waals surface area contributed by atoms with Crippen LogP contribution in [0.5, 0.6) is 0 Å². The van der Waals surface area contributed by atoms with Crippen LogP contribution in [0.1, 0.15) is 26.5 Å². The van der Waals surface area contributed by atoms with Crippen LogP contribution in [0.2, 0.25) is 0 Å². The van der Waals surface area contributed by atoms with Gasteiger partial charge in [-0.3, -0.25) is 0 Å². The molecule has 1 aromatic heterocycles. The molecular formula is C8H14N2O. The first kappa shape index (κ1) is 8.11. The summed E-state index contributed by atoms with van der Waals surface area (Å²) >= 11 is 0. The van der Waals surface area contributed by atoms with Gasteiger partial charge in [0, 0.05) is 11.6 Å². The summed E-state index contributed by atoms with van der Waals surface area (Å²) < 4.78 is 4.90. The summed E-state index contributed by atoms with van der Waals surface area (Å²) in [6, 6.07) is 1.88. The molecule has 1 aromatic rings. The van der Waals surface area contributed by atoms with Gasteiger partial charge in [0.1, 0.15) is 5.76 Å². The van der Waals surface area contributed by atoms with Crippen LogP contribution in [0.15, 0.2) is 10.6 Å². The van der Waals surface area contributed by atoms with Crippen molar-refractivity contribution in [2.75, 3.05) is 5.32 Å². The Morgan fingerprint density at radius 2 is 2.09 bits per heavy atom. The number of aryl methyl sites for hydroxylation is 1. The van der Waals surface area contributed by atoms with E-state index >= 15 is 0 Å². The topological polar surface area (TPSA) is 38.1 Å². The zero-order valence-electron chi connectivity index (χ0n) is 7.43. The molecule has 11 heavy (non-hydrogen) atoms. The molecular weight excluding hydrogens is 140 g/mol. The molecule has 3 nitrogen and oxygen atoms in total. The van der Waals surface area contributed by atoms with Crippen LogP contribution in [-0.4, -0.2) is 10.7 Å². The van der Waals surface area contributed by atoms with E-state index in [1.807, 2.05) is 13.0 Å². The predicted octanol–water partition coefficient (Wildman–Crippen LogP) is 2.19. The van der Waals surface area contributed by atoms with Gasteiger partial charge in [0.05, 0.1) is 0 Å². The highest BCUT2D eigenvalue weighted by atomic mass is 16.5. The van der Waals surface area contributed by atoms with Gasteiger partial charge >= 0.3 is 0 Å². The smallest absolute Gasteiger partial charge is 0.170 e. The maximum absolute atomic E-state index is 4.90. The van der Waals surface area contributed by atoms with Gasteiger partial charge in [-0.1, -0.05) is 5.16 Å². The Hall–Kier alpha value is -0.990. The molecule has 3 heteroatoms. The van der Waals surface area contributed by atoms with E-state index in [4.69, 9.17) is 4.52 Å². The highest BCUT2D eigenvalue weighted by molar-refractivity contribution is 5.35. The van der Waals surface area contributed by atoms with Gasteiger partial charge in [-0.25, -0.2) is 0 Å². The summed E-state index contributed by atoms with van der Waals surface area (Å²) in [7, 11) is 0.